The Morgan fingerprint density at radius 1 is 1.17 bits per heavy atom. The number of carbonyl (C=O) groups excluding carboxylic acids is 1. The molecule has 2 aromatic carbocycles. The van der Waals surface area contributed by atoms with Crippen molar-refractivity contribution in [1.29, 1.82) is 0 Å². The Hall–Kier alpha value is -3.15. The van der Waals surface area contributed by atoms with E-state index in [0.717, 1.165) is 0 Å². The van der Waals surface area contributed by atoms with Crippen LogP contribution in [0.4, 0.5) is 5.69 Å². The number of benzene rings is 2. The number of nitro benzene ring substituents is 1. The van der Waals surface area contributed by atoms with Gasteiger partial charge < -0.3 is 9.47 Å². The molecule has 0 aliphatic carbocycles. The van der Waals surface area contributed by atoms with Crippen LogP contribution in [0.15, 0.2) is 54.6 Å². The third kappa shape index (κ3) is 4.96. The van der Waals surface area contributed by atoms with Crippen molar-refractivity contribution in [3.8, 4) is 11.5 Å². The molecule has 0 aliphatic rings. The van der Waals surface area contributed by atoms with Gasteiger partial charge in [-0.2, -0.15) is 0 Å². The Kier molecular flexibility index (Phi) is 5.46. The normalized spacial score (nSPS) is 10.5. The molecule has 0 unspecified atom stereocenters. The lowest BCUT2D eigenvalue weighted by Crippen LogP contribution is -2.03. The molecular weight excluding hydrogens is 298 g/mol. The van der Waals surface area contributed by atoms with Crippen molar-refractivity contribution in [2.24, 2.45) is 0 Å². The second-order valence-electron chi connectivity index (χ2n) is 4.51. The molecule has 0 heterocycles. The van der Waals surface area contributed by atoms with E-state index in [0.29, 0.717) is 23.7 Å². The number of rotatable bonds is 6. The molecule has 2 rings (SSSR count). The van der Waals surface area contributed by atoms with E-state index >= 15 is 0 Å². The van der Waals surface area contributed by atoms with E-state index in [1.54, 1.807) is 36.4 Å². The lowest BCUT2D eigenvalue weighted by Gasteiger charge is -2.04. The SMILES string of the molecule is CCOc1ccc(OC(=O)/C=C/c2cccc([N+](=O)[O-])c2)cc1. The van der Waals surface area contributed by atoms with Gasteiger partial charge in [-0.3, -0.25) is 10.1 Å². The molecular formula is C17H15NO5. The minimum atomic E-state index is -0.569. The largest absolute Gasteiger partial charge is 0.494 e. The summed E-state index contributed by atoms with van der Waals surface area (Å²) >= 11 is 0. The summed E-state index contributed by atoms with van der Waals surface area (Å²) in [5.41, 5.74) is 0.509. The van der Waals surface area contributed by atoms with Gasteiger partial charge in [-0.1, -0.05) is 12.1 Å². The van der Waals surface area contributed by atoms with Gasteiger partial charge in [-0.05, 0) is 42.8 Å². The van der Waals surface area contributed by atoms with Gasteiger partial charge >= 0.3 is 5.97 Å². The minimum absolute atomic E-state index is 0.0352. The summed E-state index contributed by atoms with van der Waals surface area (Å²) in [7, 11) is 0. The van der Waals surface area contributed by atoms with Crippen LogP contribution in [-0.4, -0.2) is 17.5 Å². The van der Waals surface area contributed by atoms with Gasteiger partial charge in [0, 0.05) is 18.2 Å². The molecule has 0 aromatic heterocycles. The highest BCUT2D eigenvalue weighted by atomic mass is 16.6. The highest BCUT2D eigenvalue weighted by molar-refractivity contribution is 5.88. The molecule has 0 saturated heterocycles. The van der Waals surface area contributed by atoms with Crippen LogP contribution in [0.5, 0.6) is 11.5 Å². The molecule has 0 saturated carbocycles. The monoisotopic (exact) mass is 313 g/mol. The highest BCUT2D eigenvalue weighted by Crippen LogP contribution is 2.18. The lowest BCUT2D eigenvalue weighted by atomic mass is 10.2. The number of hydrogen-bond donors (Lipinski definition) is 0. The van der Waals surface area contributed by atoms with Crippen LogP contribution in [0.25, 0.3) is 6.08 Å². The van der Waals surface area contributed by atoms with Gasteiger partial charge in [-0.25, -0.2) is 4.79 Å². The van der Waals surface area contributed by atoms with E-state index in [-0.39, 0.29) is 5.69 Å². The molecule has 0 aliphatic heterocycles. The molecule has 0 atom stereocenters. The molecule has 0 amide bonds. The van der Waals surface area contributed by atoms with Crippen LogP contribution in [0.2, 0.25) is 0 Å². The first-order chi connectivity index (χ1) is 11.1. The van der Waals surface area contributed by atoms with Gasteiger partial charge in [0.2, 0.25) is 0 Å². The zero-order valence-corrected chi connectivity index (χ0v) is 12.5. The summed E-state index contributed by atoms with van der Waals surface area (Å²) in [4.78, 5) is 21.9. The fraction of sp³-hybridized carbons (Fsp3) is 0.118. The highest BCUT2D eigenvalue weighted by Gasteiger charge is 2.05. The predicted octanol–water partition coefficient (Wildman–Crippen LogP) is 3.61. The molecule has 0 N–H and O–H groups in total. The van der Waals surface area contributed by atoms with Gasteiger partial charge in [0.25, 0.3) is 5.69 Å². The van der Waals surface area contributed by atoms with Crippen LogP contribution < -0.4 is 9.47 Å². The second kappa shape index (κ2) is 7.74. The van der Waals surface area contributed by atoms with Crippen molar-refractivity contribution in [2.75, 3.05) is 6.61 Å². The summed E-state index contributed by atoms with van der Waals surface area (Å²) in [6.07, 6.45) is 2.68. The van der Waals surface area contributed by atoms with E-state index in [2.05, 4.69) is 0 Å². The average molecular weight is 313 g/mol. The van der Waals surface area contributed by atoms with Crippen molar-refractivity contribution in [1.82, 2.24) is 0 Å². The average Bonchev–Trinajstić information content (AvgIpc) is 2.55. The summed E-state index contributed by atoms with van der Waals surface area (Å²) in [6, 6.07) is 12.6. The molecule has 0 spiro atoms. The summed E-state index contributed by atoms with van der Waals surface area (Å²) < 4.78 is 10.4. The number of hydrogen-bond acceptors (Lipinski definition) is 5. The molecule has 0 bridgehead atoms. The van der Waals surface area contributed by atoms with E-state index in [1.165, 1.54) is 24.3 Å². The zero-order chi connectivity index (χ0) is 16.7. The summed E-state index contributed by atoms with van der Waals surface area (Å²) in [6.45, 7) is 2.44. The van der Waals surface area contributed by atoms with Gasteiger partial charge in [0.1, 0.15) is 11.5 Å². The summed E-state index contributed by atoms with van der Waals surface area (Å²) in [5.74, 6) is 0.516. The van der Waals surface area contributed by atoms with E-state index in [9.17, 15) is 14.9 Å². The molecule has 6 nitrogen and oxygen atoms in total. The third-order valence-corrected chi connectivity index (χ3v) is 2.85. The quantitative estimate of drug-likeness (QED) is 0.267. The van der Waals surface area contributed by atoms with E-state index in [4.69, 9.17) is 9.47 Å². The lowest BCUT2D eigenvalue weighted by molar-refractivity contribution is -0.384. The van der Waals surface area contributed by atoms with Crippen molar-refractivity contribution in [3.63, 3.8) is 0 Å². The number of non-ortho nitro benzene ring substituents is 1. The van der Waals surface area contributed by atoms with Crippen LogP contribution in [-0.2, 0) is 4.79 Å². The zero-order valence-electron chi connectivity index (χ0n) is 12.5. The maximum Gasteiger partial charge on any atom is 0.336 e. The molecule has 0 fully saturated rings. The van der Waals surface area contributed by atoms with Crippen molar-refractivity contribution >= 4 is 17.7 Å². The van der Waals surface area contributed by atoms with Crippen molar-refractivity contribution in [3.05, 3.63) is 70.3 Å². The maximum atomic E-state index is 11.7. The summed E-state index contributed by atoms with van der Waals surface area (Å²) in [5, 5.41) is 10.7. The van der Waals surface area contributed by atoms with Crippen LogP contribution in [0, 0.1) is 10.1 Å². The number of nitrogens with zero attached hydrogens (tertiary/aromatic N) is 1. The van der Waals surface area contributed by atoms with Gasteiger partial charge in [0.15, 0.2) is 0 Å². The van der Waals surface area contributed by atoms with Crippen LogP contribution >= 0.6 is 0 Å². The van der Waals surface area contributed by atoms with Crippen LogP contribution in [0.1, 0.15) is 12.5 Å². The van der Waals surface area contributed by atoms with Crippen molar-refractivity contribution < 1.29 is 19.2 Å². The molecule has 2 aromatic rings. The van der Waals surface area contributed by atoms with Crippen molar-refractivity contribution in [2.45, 2.75) is 6.92 Å². The first-order valence-electron chi connectivity index (χ1n) is 6.95. The fourth-order valence-corrected chi connectivity index (χ4v) is 1.83. The van der Waals surface area contributed by atoms with Crippen LogP contribution in [0.3, 0.4) is 0 Å². The fourth-order valence-electron chi connectivity index (χ4n) is 1.83. The van der Waals surface area contributed by atoms with Gasteiger partial charge in [0.05, 0.1) is 11.5 Å². The smallest absolute Gasteiger partial charge is 0.336 e. The Labute approximate surface area is 133 Å². The van der Waals surface area contributed by atoms with Gasteiger partial charge in [-0.15, -0.1) is 0 Å². The minimum Gasteiger partial charge on any atom is -0.494 e. The molecule has 118 valence electrons. The molecule has 0 radical (unpaired) electrons. The van der Waals surface area contributed by atoms with E-state index in [1.807, 2.05) is 6.92 Å². The number of nitro groups is 1. The Morgan fingerprint density at radius 3 is 2.52 bits per heavy atom. The second-order valence-corrected chi connectivity index (χ2v) is 4.51. The third-order valence-electron chi connectivity index (χ3n) is 2.85. The molecule has 6 heteroatoms. The Morgan fingerprint density at radius 2 is 1.87 bits per heavy atom. The standard InChI is InChI=1S/C17H15NO5/c1-2-22-15-7-9-16(10-8-15)23-17(19)11-6-13-4-3-5-14(12-13)18(20)21/h3-12H,2H2,1H3/b11-6+. The Bertz CT molecular complexity index is 722. The first kappa shape index (κ1) is 16.2. The first-order valence-corrected chi connectivity index (χ1v) is 6.95. The van der Waals surface area contributed by atoms with E-state index < -0.39 is 10.9 Å². The maximum absolute atomic E-state index is 11.7. The molecule has 23 heavy (non-hydrogen) atoms. The topological polar surface area (TPSA) is 78.7 Å². The number of esters is 1. The number of ether oxygens (including phenoxy) is 2. The number of carbonyl (C=O) groups is 1. The Balaban J connectivity index is 1.98. The predicted molar refractivity (Wildman–Crippen MR) is 85.4 cm³/mol.